The van der Waals surface area contributed by atoms with Crippen LogP contribution in [0.4, 0.5) is 5.69 Å². The van der Waals surface area contributed by atoms with Crippen molar-refractivity contribution in [3.63, 3.8) is 0 Å². The molecule has 1 aromatic heterocycles. The molecule has 0 unspecified atom stereocenters. The van der Waals surface area contributed by atoms with Crippen LogP contribution >= 0.6 is 11.6 Å². The molecule has 1 amide bonds. The lowest BCUT2D eigenvalue weighted by Gasteiger charge is -2.07. The Hall–Kier alpha value is -3.45. The van der Waals surface area contributed by atoms with E-state index in [1.807, 2.05) is 0 Å². The zero-order chi connectivity index (χ0) is 20.1. The predicted molar refractivity (Wildman–Crippen MR) is 106 cm³/mol. The van der Waals surface area contributed by atoms with Crippen LogP contribution in [0, 0.1) is 0 Å². The lowest BCUT2D eigenvalue weighted by atomic mass is 10.2. The molecule has 0 spiro atoms. The second-order valence-electron chi connectivity index (χ2n) is 5.74. The van der Waals surface area contributed by atoms with Crippen molar-refractivity contribution in [3.8, 4) is 11.4 Å². The van der Waals surface area contributed by atoms with Crippen LogP contribution in [0.1, 0.15) is 27.6 Å². The van der Waals surface area contributed by atoms with Crippen LogP contribution in [0.5, 0.6) is 0 Å². The predicted octanol–water partition coefficient (Wildman–Crippen LogP) is 3.52. The van der Waals surface area contributed by atoms with Crippen LogP contribution in [-0.4, -0.2) is 28.5 Å². The van der Waals surface area contributed by atoms with Gasteiger partial charge in [0.05, 0.1) is 12.2 Å². The largest absolute Gasteiger partial charge is 0.462 e. The molecule has 0 bridgehead atoms. The number of H-pyrrole nitrogens is 1. The Bertz CT molecular complexity index is 1080. The Morgan fingerprint density at radius 2 is 1.93 bits per heavy atom. The first-order valence-corrected chi connectivity index (χ1v) is 8.79. The highest BCUT2D eigenvalue weighted by Crippen LogP contribution is 2.17. The molecule has 0 saturated carbocycles. The van der Waals surface area contributed by atoms with E-state index in [9.17, 15) is 14.4 Å². The maximum atomic E-state index is 12.4. The van der Waals surface area contributed by atoms with E-state index in [2.05, 4.69) is 15.3 Å². The molecular formula is C20H16ClN3O4. The van der Waals surface area contributed by atoms with Crippen LogP contribution in [0.3, 0.4) is 0 Å². The molecule has 142 valence electrons. The number of anilines is 1. The highest BCUT2D eigenvalue weighted by atomic mass is 35.5. The van der Waals surface area contributed by atoms with Crippen molar-refractivity contribution in [2.24, 2.45) is 0 Å². The van der Waals surface area contributed by atoms with E-state index >= 15 is 0 Å². The maximum absolute atomic E-state index is 12.4. The number of benzene rings is 2. The third-order valence-corrected chi connectivity index (χ3v) is 4.05. The van der Waals surface area contributed by atoms with Gasteiger partial charge < -0.3 is 15.0 Å². The van der Waals surface area contributed by atoms with E-state index in [0.29, 0.717) is 27.7 Å². The topological polar surface area (TPSA) is 101 Å². The van der Waals surface area contributed by atoms with Gasteiger partial charge in [-0.05, 0) is 49.4 Å². The third-order valence-electron chi connectivity index (χ3n) is 3.79. The Kier molecular flexibility index (Phi) is 5.86. The maximum Gasteiger partial charge on any atom is 0.338 e. The van der Waals surface area contributed by atoms with Crippen LogP contribution in [-0.2, 0) is 4.74 Å². The number of aromatic amines is 1. The molecule has 0 atom stereocenters. The number of hydrogen-bond donors (Lipinski definition) is 2. The van der Waals surface area contributed by atoms with Crippen LogP contribution in [0.15, 0.2) is 59.5 Å². The molecule has 7 nitrogen and oxygen atoms in total. The van der Waals surface area contributed by atoms with Crippen molar-refractivity contribution >= 4 is 29.2 Å². The van der Waals surface area contributed by atoms with Gasteiger partial charge in [0.1, 0.15) is 11.4 Å². The molecule has 0 aliphatic heterocycles. The van der Waals surface area contributed by atoms with Crippen molar-refractivity contribution in [1.82, 2.24) is 9.97 Å². The number of nitrogens with one attached hydrogen (secondary N) is 2. The van der Waals surface area contributed by atoms with E-state index in [4.69, 9.17) is 16.3 Å². The molecule has 3 rings (SSSR count). The smallest absolute Gasteiger partial charge is 0.338 e. The second-order valence-corrected chi connectivity index (χ2v) is 6.17. The SMILES string of the molecule is CCOC(=O)c1cccc(NC(=O)c2cnc(-c3ccc(Cl)cc3)[nH]c2=O)c1. The van der Waals surface area contributed by atoms with Crippen LogP contribution in [0.25, 0.3) is 11.4 Å². The number of amides is 1. The fourth-order valence-corrected chi connectivity index (χ4v) is 2.57. The molecule has 3 aromatic rings. The molecule has 0 saturated heterocycles. The lowest BCUT2D eigenvalue weighted by Crippen LogP contribution is -2.24. The average Bonchev–Trinajstić information content (AvgIpc) is 2.68. The van der Waals surface area contributed by atoms with E-state index in [1.165, 1.54) is 12.3 Å². The van der Waals surface area contributed by atoms with Gasteiger partial charge in [0.2, 0.25) is 0 Å². The highest BCUT2D eigenvalue weighted by Gasteiger charge is 2.14. The Morgan fingerprint density at radius 1 is 1.18 bits per heavy atom. The van der Waals surface area contributed by atoms with Gasteiger partial charge in [-0.2, -0.15) is 0 Å². The summed E-state index contributed by atoms with van der Waals surface area (Å²) in [7, 11) is 0. The number of halogens is 1. The number of carbonyl (C=O) groups is 2. The molecule has 0 aliphatic rings. The molecule has 2 aromatic carbocycles. The minimum absolute atomic E-state index is 0.153. The van der Waals surface area contributed by atoms with Gasteiger partial charge in [0.25, 0.3) is 11.5 Å². The fourth-order valence-electron chi connectivity index (χ4n) is 2.45. The van der Waals surface area contributed by atoms with Gasteiger partial charge in [-0.25, -0.2) is 9.78 Å². The number of carbonyl (C=O) groups excluding carboxylic acids is 2. The average molecular weight is 398 g/mol. The summed E-state index contributed by atoms with van der Waals surface area (Å²) in [6, 6.07) is 13.0. The summed E-state index contributed by atoms with van der Waals surface area (Å²) in [4.78, 5) is 43.3. The third kappa shape index (κ3) is 4.44. The Morgan fingerprint density at radius 3 is 2.61 bits per heavy atom. The van der Waals surface area contributed by atoms with Crippen LogP contribution < -0.4 is 10.9 Å². The summed E-state index contributed by atoms with van der Waals surface area (Å²) >= 11 is 5.85. The van der Waals surface area contributed by atoms with E-state index < -0.39 is 17.4 Å². The second kappa shape index (κ2) is 8.49. The first-order chi connectivity index (χ1) is 13.5. The lowest BCUT2D eigenvalue weighted by molar-refractivity contribution is 0.0526. The molecular weight excluding hydrogens is 382 g/mol. The van der Waals surface area contributed by atoms with Gasteiger partial charge in [0, 0.05) is 22.5 Å². The summed E-state index contributed by atoms with van der Waals surface area (Å²) in [6.07, 6.45) is 1.20. The molecule has 0 fully saturated rings. The highest BCUT2D eigenvalue weighted by molar-refractivity contribution is 6.30. The Balaban J connectivity index is 1.80. The monoisotopic (exact) mass is 397 g/mol. The summed E-state index contributed by atoms with van der Waals surface area (Å²) in [6.45, 7) is 1.95. The summed E-state index contributed by atoms with van der Waals surface area (Å²) in [5, 5.41) is 3.14. The normalized spacial score (nSPS) is 10.4. The number of aromatic nitrogens is 2. The molecule has 0 aliphatic carbocycles. The van der Waals surface area contributed by atoms with Gasteiger partial charge in [-0.1, -0.05) is 17.7 Å². The van der Waals surface area contributed by atoms with Crippen molar-refractivity contribution in [2.75, 3.05) is 11.9 Å². The van der Waals surface area contributed by atoms with Gasteiger partial charge in [0.15, 0.2) is 0 Å². The minimum Gasteiger partial charge on any atom is -0.462 e. The van der Waals surface area contributed by atoms with Crippen LogP contribution in [0.2, 0.25) is 5.02 Å². The van der Waals surface area contributed by atoms with Gasteiger partial charge >= 0.3 is 5.97 Å². The Labute approximate surface area is 165 Å². The standard InChI is InChI=1S/C20H16ClN3O4/c1-2-28-20(27)13-4-3-5-15(10-13)23-18(25)16-11-22-17(24-19(16)26)12-6-8-14(21)9-7-12/h3-11H,2H2,1H3,(H,23,25)(H,22,24,26). The first-order valence-electron chi connectivity index (χ1n) is 8.41. The zero-order valence-corrected chi connectivity index (χ0v) is 15.6. The summed E-state index contributed by atoms with van der Waals surface area (Å²) < 4.78 is 4.93. The van der Waals surface area contributed by atoms with Gasteiger partial charge in [-0.3, -0.25) is 9.59 Å². The molecule has 28 heavy (non-hydrogen) atoms. The molecule has 1 heterocycles. The van der Waals surface area contributed by atoms with E-state index in [0.717, 1.165) is 0 Å². The van der Waals surface area contributed by atoms with Crippen molar-refractivity contribution in [3.05, 3.63) is 81.2 Å². The van der Waals surface area contributed by atoms with Gasteiger partial charge in [-0.15, -0.1) is 0 Å². The molecule has 2 N–H and O–H groups in total. The van der Waals surface area contributed by atoms with Crippen molar-refractivity contribution in [2.45, 2.75) is 6.92 Å². The minimum atomic E-state index is -0.641. The summed E-state index contributed by atoms with van der Waals surface area (Å²) in [5.41, 5.74) is 0.579. The summed E-state index contributed by atoms with van der Waals surface area (Å²) in [5.74, 6) is -0.814. The fraction of sp³-hybridized carbons (Fsp3) is 0.100. The number of rotatable bonds is 5. The van der Waals surface area contributed by atoms with Crippen molar-refractivity contribution < 1.29 is 14.3 Å². The quantitative estimate of drug-likeness (QED) is 0.641. The number of hydrogen-bond acceptors (Lipinski definition) is 5. The zero-order valence-electron chi connectivity index (χ0n) is 14.9. The van der Waals surface area contributed by atoms with E-state index in [-0.39, 0.29) is 12.2 Å². The number of nitrogens with zero attached hydrogens (tertiary/aromatic N) is 1. The molecule has 8 heteroatoms. The first kappa shape index (κ1) is 19.3. The number of ether oxygens (including phenoxy) is 1. The number of esters is 1. The van der Waals surface area contributed by atoms with Crippen molar-refractivity contribution in [1.29, 1.82) is 0 Å². The van der Waals surface area contributed by atoms with E-state index in [1.54, 1.807) is 49.4 Å². The molecule has 0 radical (unpaired) electrons.